The van der Waals surface area contributed by atoms with E-state index in [0.29, 0.717) is 0 Å². The van der Waals surface area contributed by atoms with Gasteiger partial charge >= 0.3 is 0 Å². The Morgan fingerprint density at radius 2 is 1.54 bits per heavy atom. The Bertz CT molecular complexity index is 822. The Balaban J connectivity index is 1.96. The molecule has 0 saturated heterocycles. The lowest BCUT2D eigenvalue weighted by Crippen LogP contribution is -2.12. The first-order valence-electron chi connectivity index (χ1n) is 10.4. The van der Waals surface area contributed by atoms with Crippen molar-refractivity contribution in [1.82, 2.24) is 0 Å². The molecule has 0 spiro atoms. The molecule has 2 heteroatoms. The number of fused-ring (bicyclic) bond motifs is 2. The van der Waals surface area contributed by atoms with Gasteiger partial charge in [0.1, 0.15) is 5.75 Å². The van der Waals surface area contributed by atoms with Crippen molar-refractivity contribution in [2.45, 2.75) is 71.6 Å². The number of ether oxygens (including phenoxy) is 1. The van der Waals surface area contributed by atoms with Crippen molar-refractivity contribution in [3.05, 3.63) is 46.0 Å². The number of hydrogen-bond donors (Lipinski definition) is 1. The van der Waals surface area contributed by atoms with Crippen LogP contribution in [0.25, 0.3) is 11.1 Å². The first kappa shape index (κ1) is 17.5. The first-order valence-corrected chi connectivity index (χ1v) is 10.4. The van der Waals surface area contributed by atoms with Crippen LogP contribution in [0.2, 0.25) is 0 Å². The molecule has 0 bridgehead atoms. The molecule has 0 unspecified atom stereocenters. The van der Waals surface area contributed by atoms with Crippen molar-refractivity contribution in [2.75, 3.05) is 12.3 Å². The van der Waals surface area contributed by atoms with Gasteiger partial charge in [-0.3, -0.25) is 0 Å². The van der Waals surface area contributed by atoms with E-state index in [0.717, 1.165) is 30.9 Å². The van der Waals surface area contributed by atoms with Crippen LogP contribution >= 0.6 is 0 Å². The summed E-state index contributed by atoms with van der Waals surface area (Å²) in [5.74, 6) is 1.07. The zero-order valence-electron chi connectivity index (χ0n) is 16.3. The number of nitrogen functional groups attached to an aromatic ring is 1. The molecule has 0 amide bonds. The first-order chi connectivity index (χ1) is 12.7. The van der Waals surface area contributed by atoms with Crippen molar-refractivity contribution < 1.29 is 4.74 Å². The highest BCUT2D eigenvalue weighted by atomic mass is 16.5. The van der Waals surface area contributed by atoms with Crippen LogP contribution in [0.3, 0.4) is 0 Å². The van der Waals surface area contributed by atoms with Gasteiger partial charge in [0.05, 0.1) is 6.61 Å². The highest BCUT2D eigenvalue weighted by Gasteiger charge is 2.25. The van der Waals surface area contributed by atoms with Gasteiger partial charge in [0.2, 0.25) is 0 Å². The standard InChI is InChI=1S/C24H31NO/c1-3-14-26-22-15-18-9-5-7-11-20(18)23(16(22)2)24-19-10-6-4-8-17(19)12-13-21(24)25/h12-13,15H,3-11,14,25H2,1-2H3. The average molecular weight is 350 g/mol. The van der Waals surface area contributed by atoms with Crippen molar-refractivity contribution in [1.29, 1.82) is 0 Å². The topological polar surface area (TPSA) is 35.2 Å². The summed E-state index contributed by atoms with van der Waals surface area (Å²) < 4.78 is 6.16. The van der Waals surface area contributed by atoms with E-state index in [2.05, 4.69) is 32.0 Å². The fourth-order valence-electron chi connectivity index (χ4n) is 4.83. The summed E-state index contributed by atoms with van der Waals surface area (Å²) in [4.78, 5) is 0. The lowest BCUT2D eigenvalue weighted by atomic mass is 9.78. The van der Waals surface area contributed by atoms with Gasteiger partial charge < -0.3 is 10.5 Å². The molecule has 0 radical (unpaired) electrons. The normalized spacial score (nSPS) is 16.1. The second kappa shape index (κ2) is 7.34. The summed E-state index contributed by atoms with van der Waals surface area (Å²) in [5, 5.41) is 0. The molecule has 2 aliphatic carbocycles. The van der Waals surface area contributed by atoms with Crippen LogP contribution in [0.5, 0.6) is 5.75 Å². The highest BCUT2D eigenvalue weighted by Crippen LogP contribution is 2.44. The van der Waals surface area contributed by atoms with Crippen molar-refractivity contribution >= 4 is 5.69 Å². The van der Waals surface area contributed by atoms with Crippen molar-refractivity contribution in [2.24, 2.45) is 0 Å². The van der Waals surface area contributed by atoms with Gasteiger partial charge in [0.25, 0.3) is 0 Å². The molecule has 0 atom stereocenters. The molecule has 0 aromatic heterocycles. The fourth-order valence-corrected chi connectivity index (χ4v) is 4.83. The van der Waals surface area contributed by atoms with Gasteiger partial charge in [0, 0.05) is 11.3 Å². The Morgan fingerprint density at radius 3 is 2.27 bits per heavy atom. The van der Waals surface area contributed by atoms with E-state index in [-0.39, 0.29) is 0 Å². The lowest BCUT2D eigenvalue weighted by Gasteiger charge is -2.28. The predicted octanol–water partition coefficient (Wildman–Crippen LogP) is 5.79. The Labute approximate surface area is 157 Å². The molecule has 26 heavy (non-hydrogen) atoms. The summed E-state index contributed by atoms with van der Waals surface area (Å²) in [5.41, 5.74) is 17.5. The van der Waals surface area contributed by atoms with Crippen molar-refractivity contribution in [3.63, 3.8) is 0 Å². The van der Waals surface area contributed by atoms with Gasteiger partial charge in [-0.05, 0) is 110 Å². The maximum Gasteiger partial charge on any atom is 0.123 e. The van der Waals surface area contributed by atoms with Crippen LogP contribution in [-0.2, 0) is 25.7 Å². The van der Waals surface area contributed by atoms with E-state index in [1.165, 1.54) is 83.9 Å². The van der Waals surface area contributed by atoms with Gasteiger partial charge in [-0.15, -0.1) is 0 Å². The minimum absolute atomic E-state index is 0.779. The molecule has 0 saturated carbocycles. The second-order valence-corrected chi connectivity index (χ2v) is 7.94. The minimum Gasteiger partial charge on any atom is -0.493 e. The number of anilines is 1. The van der Waals surface area contributed by atoms with E-state index in [1.54, 1.807) is 0 Å². The summed E-state index contributed by atoms with van der Waals surface area (Å²) in [6, 6.07) is 6.70. The molecular formula is C24H31NO. The Hall–Kier alpha value is -1.96. The quantitative estimate of drug-likeness (QED) is 0.709. The molecule has 0 heterocycles. The molecule has 2 aromatic rings. The third-order valence-corrected chi connectivity index (χ3v) is 6.14. The number of hydrogen-bond acceptors (Lipinski definition) is 2. The van der Waals surface area contributed by atoms with Crippen LogP contribution in [0, 0.1) is 6.92 Å². The zero-order valence-corrected chi connectivity index (χ0v) is 16.3. The van der Waals surface area contributed by atoms with Gasteiger partial charge in [-0.25, -0.2) is 0 Å². The molecule has 138 valence electrons. The smallest absolute Gasteiger partial charge is 0.123 e. The van der Waals surface area contributed by atoms with E-state index >= 15 is 0 Å². The molecule has 0 aliphatic heterocycles. The van der Waals surface area contributed by atoms with Crippen LogP contribution < -0.4 is 10.5 Å². The maximum absolute atomic E-state index is 6.59. The molecule has 2 aliphatic rings. The van der Waals surface area contributed by atoms with E-state index in [9.17, 15) is 0 Å². The predicted molar refractivity (Wildman–Crippen MR) is 110 cm³/mol. The molecule has 2 N–H and O–H groups in total. The molecule has 2 aromatic carbocycles. The largest absolute Gasteiger partial charge is 0.493 e. The average Bonchev–Trinajstić information content (AvgIpc) is 2.67. The Morgan fingerprint density at radius 1 is 0.885 bits per heavy atom. The summed E-state index contributed by atoms with van der Waals surface area (Å²) in [6.45, 7) is 5.18. The maximum atomic E-state index is 6.59. The van der Waals surface area contributed by atoms with Crippen LogP contribution in [-0.4, -0.2) is 6.61 Å². The molecule has 4 rings (SSSR count). The fraction of sp³-hybridized carbons (Fsp3) is 0.500. The van der Waals surface area contributed by atoms with Crippen molar-refractivity contribution in [3.8, 4) is 16.9 Å². The third-order valence-electron chi connectivity index (χ3n) is 6.14. The summed E-state index contributed by atoms with van der Waals surface area (Å²) >= 11 is 0. The minimum atomic E-state index is 0.779. The lowest BCUT2D eigenvalue weighted by molar-refractivity contribution is 0.315. The second-order valence-electron chi connectivity index (χ2n) is 7.94. The van der Waals surface area contributed by atoms with Crippen LogP contribution in [0.4, 0.5) is 5.69 Å². The molecular weight excluding hydrogens is 318 g/mol. The molecule has 0 fully saturated rings. The number of benzene rings is 2. The molecule has 2 nitrogen and oxygen atoms in total. The Kier molecular flexibility index (Phi) is 4.93. The monoisotopic (exact) mass is 349 g/mol. The van der Waals surface area contributed by atoms with E-state index in [1.807, 2.05) is 0 Å². The third kappa shape index (κ3) is 3.00. The van der Waals surface area contributed by atoms with Crippen LogP contribution in [0.15, 0.2) is 18.2 Å². The summed E-state index contributed by atoms with van der Waals surface area (Å²) in [6.07, 6.45) is 10.9. The van der Waals surface area contributed by atoms with Gasteiger partial charge in [-0.2, -0.15) is 0 Å². The number of aryl methyl sites for hydroxylation is 2. The number of rotatable bonds is 4. The zero-order chi connectivity index (χ0) is 18.1. The SMILES string of the molecule is CCCOc1cc2c(c(-c3c(N)ccc4c3CCCC4)c1C)CCCC2. The number of nitrogens with two attached hydrogens (primary N) is 1. The van der Waals surface area contributed by atoms with E-state index in [4.69, 9.17) is 10.5 Å². The van der Waals surface area contributed by atoms with Crippen LogP contribution in [0.1, 0.15) is 66.8 Å². The van der Waals surface area contributed by atoms with Gasteiger partial charge in [0.15, 0.2) is 0 Å². The summed E-state index contributed by atoms with van der Waals surface area (Å²) in [7, 11) is 0. The van der Waals surface area contributed by atoms with E-state index < -0.39 is 0 Å². The van der Waals surface area contributed by atoms with Gasteiger partial charge in [-0.1, -0.05) is 13.0 Å². The highest BCUT2D eigenvalue weighted by molar-refractivity contribution is 5.86.